The molecule has 0 radical (unpaired) electrons. The summed E-state index contributed by atoms with van der Waals surface area (Å²) < 4.78 is 11.6. The highest BCUT2D eigenvalue weighted by atomic mass is 16.5. The molecule has 3 nitrogen and oxygen atoms in total. The molecular weight excluding hydrogens is 262 g/mol. The number of benzene rings is 1. The molecule has 2 unspecified atom stereocenters. The predicted octanol–water partition coefficient (Wildman–Crippen LogP) is 3.66. The van der Waals surface area contributed by atoms with Crippen LogP contribution in [-0.4, -0.2) is 33.0 Å². The Hall–Kier alpha value is -0.900. The van der Waals surface area contributed by atoms with Gasteiger partial charge in [0.2, 0.25) is 0 Å². The maximum atomic E-state index is 5.87. The number of nitrogens with one attached hydrogen (secondary N) is 1. The van der Waals surface area contributed by atoms with Crippen LogP contribution in [0.25, 0.3) is 0 Å². The molecule has 1 aromatic rings. The van der Waals surface area contributed by atoms with Gasteiger partial charge >= 0.3 is 0 Å². The molecule has 0 bridgehead atoms. The van der Waals surface area contributed by atoms with E-state index in [4.69, 9.17) is 9.47 Å². The summed E-state index contributed by atoms with van der Waals surface area (Å²) >= 11 is 0. The fraction of sp³-hybridized carbons (Fsp3) is 0.667. The molecule has 1 fully saturated rings. The molecule has 0 aromatic heterocycles. The van der Waals surface area contributed by atoms with Gasteiger partial charge in [0.15, 0.2) is 0 Å². The Morgan fingerprint density at radius 1 is 1.19 bits per heavy atom. The summed E-state index contributed by atoms with van der Waals surface area (Å²) in [5.74, 6) is 0.576. The van der Waals surface area contributed by atoms with Crippen molar-refractivity contribution in [1.29, 1.82) is 0 Å². The molecule has 2 rings (SSSR count). The van der Waals surface area contributed by atoms with Crippen LogP contribution in [0.15, 0.2) is 24.3 Å². The van der Waals surface area contributed by atoms with E-state index in [1.54, 1.807) is 0 Å². The molecule has 1 N–H and O–H groups in total. The minimum atomic E-state index is 0.245. The fourth-order valence-electron chi connectivity index (χ4n) is 2.72. The van der Waals surface area contributed by atoms with Gasteiger partial charge in [0.25, 0.3) is 0 Å². The van der Waals surface area contributed by atoms with Crippen molar-refractivity contribution in [2.24, 2.45) is 0 Å². The average molecular weight is 291 g/mol. The van der Waals surface area contributed by atoms with E-state index in [2.05, 4.69) is 43.4 Å². The van der Waals surface area contributed by atoms with E-state index < -0.39 is 0 Å². The molecule has 1 aliphatic heterocycles. The van der Waals surface area contributed by atoms with E-state index >= 15 is 0 Å². The molecule has 0 saturated carbocycles. The van der Waals surface area contributed by atoms with Crippen LogP contribution in [0.4, 0.5) is 0 Å². The highest BCUT2D eigenvalue weighted by Crippen LogP contribution is 2.19. The van der Waals surface area contributed by atoms with Crippen molar-refractivity contribution in [3.63, 3.8) is 0 Å². The van der Waals surface area contributed by atoms with Crippen molar-refractivity contribution in [3.8, 4) is 0 Å². The number of likely N-dealkylation sites (N-methyl/N-ethyl adjacent to an activating group) is 1. The Bertz CT molecular complexity index is 396. The summed E-state index contributed by atoms with van der Waals surface area (Å²) in [6.45, 7) is 6.73. The Morgan fingerprint density at radius 3 is 2.48 bits per heavy atom. The molecule has 1 heterocycles. The minimum absolute atomic E-state index is 0.245. The second-order valence-electron chi connectivity index (χ2n) is 6.19. The van der Waals surface area contributed by atoms with Gasteiger partial charge < -0.3 is 14.8 Å². The zero-order valence-corrected chi connectivity index (χ0v) is 13.6. The van der Waals surface area contributed by atoms with Gasteiger partial charge in [-0.15, -0.1) is 0 Å². The molecule has 0 aliphatic carbocycles. The Kier molecular flexibility index (Phi) is 6.68. The Balaban J connectivity index is 1.81. The number of rotatable bonds is 7. The quantitative estimate of drug-likeness (QED) is 0.831. The van der Waals surface area contributed by atoms with Crippen molar-refractivity contribution in [1.82, 2.24) is 5.32 Å². The standard InChI is InChI=1S/C18H29NO2/c1-14(2)15-7-9-16(10-8-15)18(19-3)13-20-12-17-6-4-5-11-21-17/h7-10,14,17-19H,4-6,11-13H2,1-3H3. The second kappa shape index (κ2) is 8.52. The van der Waals surface area contributed by atoms with Crippen molar-refractivity contribution in [2.45, 2.75) is 51.2 Å². The Morgan fingerprint density at radius 2 is 1.90 bits per heavy atom. The topological polar surface area (TPSA) is 30.5 Å². The molecule has 1 saturated heterocycles. The van der Waals surface area contributed by atoms with E-state index in [1.165, 1.54) is 24.0 Å². The SMILES string of the molecule is CNC(COCC1CCCCO1)c1ccc(C(C)C)cc1. The van der Waals surface area contributed by atoms with E-state index in [0.29, 0.717) is 25.2 Å². The third kappa shape index (κ3) is 5.10. The number of hydrogen-bond acceptors (Lipinski definition) is 3. The third-order valence-electron chi connectivity index (χ3n) is 4.22. The summed E-state index contributed by atoms with van der Waals surface area (Å²) in [4.78, 5) is 0. The lowest BCUT2D eigenvalue weighted by Gasteiger charge is -2.24. The van der Waals surface area contributed by atoms with Crippen LogP contribution < -0.4 is 5.32 Å². The minimum Gasteiger partial charge on any atom is -0.377 e. The zero-order valence-electron chi connectivity index (χ0n) is 13.6. The lowest BCUT2D eigenvalue weighted by Crippen LogP contribution is -2.28. The highest BCUT2D eigenvalue weighted by molar-refractivity contribution is 5.26. The van der Waals surface area contributed by atoms with Gasteiger partial charge in [-0.2, -0.15) is 0 Å². The lowest BCUT2D eigenvalue weighted by molar-refractivity contribution is -0.0440. The van der Waals surface area contributed by atoms with Crippen LogP contribution in [0.5, 0.6) is 0 Å². The average Bonchev–Trinajstić information content (AvgIpc) is 2.53. The van der Waals surface area contributed by atoms with Crippen molar-refractivity contribution in [2.75, 3.05) is 26.9 Å². The van der Waals surface area contributed by atoms with E-state index in [9.17, 15) is 0 Å². The summed E-state index contributed by atoms with van der Waals surface area (Å²) in [6.07, 6.45) is 3.88. The van der Waals surface area contributed by atoms with E-state index in [-0.39, 0.29) is 6.04 Å². The molecule has 118 valence electrons. The van der Waals surface area contributed by atoms with Gasteiger partial charge in [-0.3, -0.25) is 0 Å². The Labute approximate surface area is 129 Å². The largest absolute Gasteiger partial charge is 0.377 e. The maximum Gasteiger partial charge on any atom is 0.0808 e. The summed E-state index contributed by atoms with van der Waals surface area (Å²) in [7, 11) is 1.99. The molecular formula is C18H29NO2. The monoisotopic (exact) mass is 291 g/mol. The van der Waals surface area contributed by atoms with Crippen LogP contribution >= 0.6 is 0 Å². The van der Waals surface area contributed by atoms with Crippen LogP contribution in [0, 0.1) is 0 Å². The maximum absolute atomic E-state index is 5.87. The van der Waals surface area contributed by atoms with Gasteiger partial charge in [-0.1, -0.05) is 38.1 Å². The molecule has 21 heavy (non-hydrogen) atoms. The zero-order chi connectivity index (χ0) is 15.1. The van der Waals surface area contributed by atoms with Crippen LogP contribution in [0.1, 0.15) is 56.2 Å². The molecule has 0 spiro atoms. The van der Waals surface area contributed by atoms with Gasteiger partial charge in [-0.05, 0) is 43.4 Å². The number of hydrogen-bond donors (Lipinski definition) is 1. The molecule has 0 amide bonds. The van der Waals surface area contributed by atoms with E-state index in [0.717, 1.165) is 13.0 Å². The van der Waals surface area contributed by atoms with Gasteiger partial charge in [0, 0.05) is 6.61 Å². The van der Waals surface area contributed by atoms with Gasteiger partial charge in [-0.25, -0.2) is 0 Å². The van der Waals surface area contributed by atoms with Crippen LogP contribution in [-0.2, 0) is 9.47 Å². The van der Waals surface area contributed by atoms with Crippen molar-refractivity contribution in [3.05, 3.63) is 35.4 Å². The highest BCUT2D eigenvalue weighted by Gasteiger charge is 2.15. The second-order valence-corrected chi connectivity index (χ2v) is 6.19. The molecule has 3 heteroatoms. The third-order valence-corrected chi connectivity index (χ3v) is 4.22. The van der Waals surface area contributed by atoms with E-state index in [1.807, 2.05) is 7.05 Å². The predicted molar refractivity (Wildman–Crippen MR) is 86.7 cm³/mol. The molecule has 1 aliphatic rings. The van der Waals surface area contributed by atoms with Crippen LogP contribution in [0.2, 0.25) is 0 Å². The van der Waals surface area contributed by atoms with Gasteiger partial charge in [0.1, 0.15) is 0 Å². The normalized spacial score (nSPS) is 20.7. The summed E-state index contributed by atoms with van der Waals surface area (Å²) in [5.41, 5.74) is 2.66. The molecule has 1 aromatic carbocycles. The fourth-order valence-corrected chi connectivity index (χ4v) is 2.72. The van der Waals surface area contributed by atoms with Crippen LogP contribution in [0.3, 0.4) is 0 Å². The first-order valence-electron chi connectivity index (χ1n) is 8.17. The molecule has 2 atom stereocenters. The first-order valence-corrected chi connectivity index (χ1v) is 8.17. The first kappa shape index (κ1) is 16.5. The smallest absolute Gasteiger partial charge is 0.0808 e. The first-order chi connectivity index (χ1) is 10.2. The lowest BCUT2D eigenvalue weighted by atomic mass is 9.99. The van der Waals surface area contributed by atoms with Crippen molar-refractivity contribution >= 4 is 0 Å². The van der Waals surface area contributed by atoms with Gasteiger partial charge in [0.05, 0.1) is 25.4 Å². The van der Waals surface area contributed by atoms with Crippen molar-refractivity contribution < 1.29 is 9.47 Å². The summed E-state index contributed by atoms with van der Waals surface area (Å²) in [5, 5.41) is 3.34. The summed E-state index contributed by atoms with van der Waals surface area (Å²) in [6, 6.07) is 9.09. The number of ether oxygens (including phenoxy) is 2.